The number of aliphatic carboxylic acids is 1. The Morgan fingerprint density at radius 3 is 1.85 bits per heavy atom. The van der Waals surface area contributed by atoms with Gasteiger partial charge >= 0.3 is 5.97 Å². The first-order valence-corrected chi connectivity index (χ1v) is 6.49. The third-order valence-electron chi connectivity index (χ3n) is 2.84. The van der Waals surface area contributed by atoms with Crippen LogP contribution in [0.4, 0.5) is 0 Å². The van der Waals surface area contributed by atoms with Gasteiger partial charge in [-0.05, 0) is 19.4 Å². The number of hydrogen-bond donors (Lipinski definition) is 2. The highest BCUT2D eigenvalue weighted by Crippen LogP contribution is 2.10. The molecule has 2 aromatic carbocycles. The minimum absolute atomic E-state index is 0.350. The average Bonchev–Trinajstić information content (AvgIpc) is 2.41. The molecule has 3 nitrogen and oxygen atoms in total. The van der Waals surface area contributed by atoms with Gasteiger partial charge in [0.1, 0.15) is 5.54 Å². The minimum Gasteiger partial charge on any atom is -0.480 e. The topological polar surface area (TPSA) is 63.3 Å². The van der Waals surface area contributed by atoms with Gasteiger partial charge in [0.15, 0.2) is 0 Å². The fourth-order valence-electron chi connectivity index (χ4n) is 1.63. The van der Waals surface area contributed by atoms with Crippen molar-refractivity contribution in [2.45, 2.75) is 25.8 Å². The Morgan fingerprint density at radius 2 is 1.50 bits per heavy atom. The van der Waals surface area contributed by atoms with Crippen molar-refractivity contribution in [3.05, 3.63) is 71.8 Å². The molecule has 106 valence electrons. The van der Waals surface area contributed by atoms with Gasteiger partial charge in [0, 0.05) is 6.42 Å². The second-order valence-electron chi connectivity index (χ2n) is 5.04. The molecule has 0 aromatic heterocycles. The number of benzene rings is 2. The second kappa shape index (κ2) is 7.46. The van der Waals surface area contributed by atoms with Crippen molar-refractivity contribution < 1.29 is 9.90 Å². The van der Waals surface area contributed by atoms with Crippen LogP contribution in [-0.2, 0) is 11.2 Å². The summed E-state index contributed by atoms with van der Waals surface area (Å²) in [5.41, 5.74) is 6.67. The quantitative estimate of drug-likeness (QED) is 0.902. The normalized spacial score (nSPS) is 12.8. The molecule has 0 aliphatic rings. The minimum atomic E-state index is -1.18. The smallest absolute Gasteiger partial charge is 0.323 e. The molecule has 0 radical (unpaired) electrons. The van der Waals surface area contributed by atoms with Crippen LogP contribution in [-0.4, -0.2) is 16.6 Å². The molecule has 2 aromatic rings. The van der Waals surface area contributed by atoms with Gasteiger partial charge < -0.3 is 10.8 Å². The molecule has 0 saturated carbocycles. The number of carbonyl (C=O) groups is 1. The van der Waals surface area contributed by atoms with Crippen molar-refractivity contribution in [2.75, 3.05) is 0 Å². The van der Waals surface area contributed by atoms with Gasteiger partial charge in [-0.25, -0.2) is 0 Å². The van der Waals surface area contributed by atoms with Crippen LogP contribution in [0.1, 0.15) is 18.1 Å². The third-order valence-corrected chi connectivity index (χ3v) is 2.84. The molecule has 0 aliphatic carbocycles. The molecule has 20 heavy (non-hydrogen) atoms. The first-order valence-electron chi connectivity index (χ1n) is 6.49. The van der Waals surface area contributed by atoms with E-state index in [0.29, 0.717) is 6.42 Å². The van der Waals surface area contributed by atoms with Crippen molar-refractivity contribution in [3.63, 3.8) is 0 Å². The van der Waals surface area contributed by atoms with E-state index in [2.05, 4.69) is 19.1 Å². The third kappa shape index (κ3) is 5.67. The Bertz CT molecular complexity index is 521. The summed E-state index contributed by atoms with van der Waals surface area (Å²) < 4.78 is 0. The number of carboxylic acid groups (broad SMARTS) is 1. The van der Waals surface area contributed by atoms with Crippen molar-refractivity contribution in [3.8, 4) is 0 Å². The Labute approximate surface area is 120 Å². The number of hydrogen-bond acceptors (Lipinski definition) is 2. The van der Waals surface area contributed by atoms with E-state index in [1.807, 2.05) is 48.5 Å². The fourth-order valence-corrected chi connectivity index (χ4v) is 1.63. The maximum absolute atomic E-state index is 10.7. The first kappa shape index (κ1) is 15.9. The molecule has 0 bridgehead atoms. The van der Waals surface area contributed by atoms with E-state index in [1.165, 1.54) is 12.5 Å². The van der Waals surface area contributed by atoms with Crippen LogP contribution < -0.4 is 5.73 Å². The van der Waals surface area contributed by atoms with Crippen molar-refractivity contribution in [1.29, 1.82) is 0 Å². The summed E-state index contributed by atoms with van der Waals surface area (Å²) in [6.07, 6.45) is 0.350. The molecule has 3 N–H and O–H groups in total. The highest BCUT2D eigenvalue weighted by atomic mass is 16.4. The molecular formula is C17H21NO2. The summed E-state index contributed by atoms with van der Waals surface area (Å²) in [4.78, 5) is 10.7. The van der Waals surface area contributed by atoms with E-state index in [4.69, 9.17) is 10.8 Å². The highest BCUT2D eigenvalue weighted by molar-refractivity contribution is 5.78. The van der Waals surface area contributed by atoms with Gasteiger partial charge in [0.2, 0.25) is 0 Å². The van der Waals surface area contributed by atoms with Gasteiger partial charge in [-0.1, -0.05) is 66.2 Å². The van der Waals surface area contributed by atoms with Crippen LogP contribution in [0.2, 0.25) is 0 Å². The Balaban J connectivity index is 0.000000240. The van der Waals surface area contributed by atoms with E-state index in [0.717, 1.165) is 5.56 Å². The fraction of sp³-hybridized carbons (Fsp3) is 0.235. The van der Waals surface area contributed by atoms with Crippen LogP contribution in [0.3, 0.4) is 0 Å². The van der Waals surface area contributed by atoms with E-state index < -0.39 is 11.5 Å². The van der Waals surface area contributed by atoms with E-state index in [-0.39, 0.29) is 0 Å². The zero-order chi connectivity index (χ0) is 15.0. The summed E-state index contributed by atoms with van der Waals surface area (Å²) in [7, 11) is 0. The maximum Gasteiger partial charge on any atom is 0.323 e. The number of nitrogens with two attached hydrogens (primary N) is 1. The van der Waals surface area contributed by atoms with Crippen molar-refractivity contribution >= 4 is 5.97 Å². The number of carboxylic acids is 1. The van der Waals surface area contributed by atoms with Gasteiger partial charge in [-0.15, -0.1) is 0 Å². The summed E-state index contributed by atoms with van der Waals surface area (Å²) in [5, 5.41) is 8.78. The van der Waals surface area contributed by atoms with Crippen LogP contribution in [0.15, 0.2) is 60.7 Å². The van der Waals surface area contributed by atoms with Crippen LogP contribution in [0.5, 0.6) is 0 Å². The average molecular weight is 271 g/mol. The van der Waals surface area contributed by atoms with Gasteiger partial charge in [0.05, 0.1) is 0 Å². The summed E-state index contributed by atoms with van der Waals surface area (Å²) >= 11 is 0. The standard InChI is InChI=1S/C10H13NO2.C7H8/c1-10(11,9(12)13)7-8-5-3-2-4-6-8;1-7-5-3-2-4-6-7/h2-6H,7,11H2,1H3,(H,12,13);2-6H,1H3. The predicted molar refractivity (Wildman–Crippen MR) is 81.6 cm³/mol. The molecule has 0 aliphatic heterocycles. The molecular weight excluding hydrogens is 250 g/mol. The summed E-state index contributed by atoms with van der Waals surface area (Å²) in [6.45, 7) is 3.60. The Kier molecular flexibility index (Phi) is 5.94. The summed E-state index contributed by atoms with van der Waals surface area (Å²) in [5.74, 6) is -0.976. The number of aryl methyl sites for hydroxylation is 1. The van der Waals surface area contributed by atoms with Crippen LogP contribution in [0, 0.1) is 6.92 Å². The first-order chi connectivity index (χ1) is 9.42. The molecule has 3 heteroatoms. The lowest BCUT2D eigenvalue weighted by Gasteiger charge is -2.18. The largest absolute Gasteiger partial charge is 0.480 e. The molecule has 0 heterocycles. The zero-order valence-corrected chi connectivity index (χ0v) is 11.9. The van der Waals surface area contributed by atoms with Gasteiger partial charge in [-0.3, -0.25) is 4.79 Å². The lowest BCUT2D eigenvalue weighted by Crippen LogP contribution is -2.46. The SMILES string of the molecule is CC(N)(Cc1ccccc1)C(=O)O.Cc1ccccc1. The predicted octanol–water partition coefficient (Wildman–Crippen LogP) is 3.03. The van der Waals surface area contributed by atoms with Gasteiger partial charge in [0.25, 0.3) is 0 Å². The summed E-state index contributed by atoms with van der Waals surface area (Å²) in [6, 6.07) is 19.6. The molecule has 1 atom stereocenters. The maximum atomic E-state index is 10.7. The number of rotatable bonds is 3. The van der Waals surface area contributed by atoms with Crippen LogP contribution in [0.25, 0.3) is 0 Å². The highest BCUT2D eigenvalue weighted by Gasteiger charge is 2.27. The molecule has 2 rings (SSSR count). The molecule has 0 saturated heterocycles. The molecule has 0 fully saturated rings. The molecule has 1 unspecified atom stereocenters. The second-order valence-corrected chi connectivity index (χ2v) is 5.04. The van der Waals surface area contributed by atoms with E-state index in [1.54, 1.807) is 0 Å². The molecule has 0 amide bonds. The molecule has 0 spiro atoms. The zero-order valence-electron chi connectivity index (χ0n) is 11.9. The van der Waals surface area contributed by atoms with E-state index >= 15 is 0 Å². The van der Waals surface area contributed by atoms with Gasteiger partial charge in [-0.2, -0.15) is 0 Å². The van der Waals surface area contributed by atoms with Crippen molar-refractivity contribution in [1.82, 2.24) is 0 Å². The Hall–Kier alpha value is -2.13. The monoisotopic (exact) mass is 271 g/mol. The Morgan fingerprint density at radius 1 is 1.05 bits per heavy atom. The van der Waals surface area contributed by atoms with Crippen molar-refractivity contribution in [2.24, 2.45) is 5.73 Å². The van der Waals surface area contributed by atoms with E-state index in [9.17, 15) is 4.79 Å². The lowest BCUT2D eigenvalue weighted by molar-refractivity contribution is -0.142. The lowest BCUT2D eigenvalue weighted by atomic mass is 9.94. The van der Waals surface area contributed by atoms with Crippen LogP contribution >= 0.6 is 0 Å².